The molecule has 0 bridgehead atoms. The summed E-state index contributed by atoms with van der Waals surface area (Å²) in [6.45, 7) is 2.38. The molecule has 0 aliphatic carbocycles. The Morgan fingerprint density at radius 1 is 0.941 bits per heavy atom. The van der Waals surface area contributed by atoms with Crippen LogP contribution in [0.5, 0.6) is 0 Å². The number of ether oxygens (including phenoxy) is 5. The second-order valence-electron chi connectivity index (χ2n) is 7.29. The molecule has 1 aliphatic rings. The molecule has 1 aromatic carbocycles. The van der Waals surface area contributed by atoms with Gasteiger partial charge in [0.1, 0.15) is 18.8 Å². The number of amides is 1. The molecule has 1 heterocycles. The van der Waals surface area contributed by atoms with Crippen molar-refractivity contribution in [2.75, 3.05) is 6.61 Å². The highest BCUT2D eigenvalue weighted by Crippen LogP contribution is 2.29. The first-order chi connectivity index (χ1) is 15.9. The van der Waals surface area contributed by atoms with Crippen LogP contribution >= 0.6 is 0 Å². The predicted molar refractivity (Wildman–Crippen MR) is 106 cm³/mol. The first kappa shape index (κ1) is 27.1. The molecule has 1 aromatic rings. The molecule has 2 rings (SSSR count). The third kappa shape index (κ3) is 7.99. The summed E-state index contributed by atoms with van der Waals surface area (Å²) >= 11 is 0. The lowest BCUT2D eigenvalue weighted by atomic mass is 9.95. The summed E-state index contributed by atoms with van der Waals surface area (Å²) in [6, 6.07) is 6.84. The normalized spacial score (nSPS) is 24.6. The lowest BCUT2D eigenvalue weighted by Crippen LogP contribution is -2.68. The van der Waals surface area contributed by atoms with Crippen LogP contribution in [0.3, 0.4) is 0 Å². The number of nitrogens with one attached hydrogen (secondary N) is 1. The average Bonchev–Trinajstić information content (AvgIpc) is 2.73. The van der Waals surface area contributed by atoms with Crippen LogP contribution in [0.4, 0.5) is 13.2 Å². The van der Waals surface area contributed by atoms with E-state index in [-0.39, 0.29) is 6.61 Å². The van der Waals surface area contributed by atoms with Gasteiger partial charge in [0.2, 0.25) is 0 Å². The zero-order valence-electron chi connectivity index (χ0n) is 18.5. The van der Waals surface area contributed by atoms with Gasteiger partial charge in [-0.1, -0.05) is 30.3 Å². The van der Waals surface area contributed by atoms with E-state index >= 15 is 0 Å². The van der Waals surface area contributed by atoms with Crippen molar-refractivity contribution < 1.29 is 56.0 Å². The lowest BCUT2D eigenvalue weighted by molar-refractivity contribution is -0.289. The van der Waals surface area contributed by atoms with Crippen LogP contribution in [0.25, 0.3) is 0 Å². The Labute approximate surface area is 192 Å². The minimum absolute atomic E-state index is 0.109. The maximum absolute atomic E-state index is 13.0. The number of rotatable bonds is 8. The van der Waals surface area contributed by atoms with Crippen molar-refractivity contribution in [1.29, 1.82) is 0 Å². The number of benzene rings is 1. The fourth-order valence-corrected chi connectivity index (χ4v) is 3.19. The summed E-state index contributed by atoms with van der Waals surface area (Å²) in [5.74, 6) is -4.97. The van der Waals surface area contributed by atoms with Crippen molar-refractivity contribution in [3.8, 4) is 0 Å². The van der Waals surface area contributed by atoms with Gasteiger partial charge in [0, 0.05) is 20.8 Å². The highest BCUT2D eigenvalue weighted by Gasteiger charge is 2.53. The van der Waals surface area contributed by atoms with E-state index < -0.39 is 67.2 Å². The molecular formula is C21H24F3NO9. The third-order valence-electron chi connectivity index (χ3n) is 4.52. The summed E-state index contributed by atoms with van der Waals surface area (Å²) in [4.78, 5) is 46.5. The second-order valence-corrected chi connectivity index (χ2v) is 7.29. The van der Waals surface area contributed by atoms with E-state index in [9.17, 15) is 32.3 Å². The molecule has 1 N–H and O–H groups in total. The molecule has 1 saturated heterocycles. The molecule has 10 nitrogen and oxygen atoms in total. The molecule has 0 saturated carbocycles. The molecule has 0 spiro atoms. The Kier molecular flexibility index (Phi) is 9.38. The second kappa shape index (κ2) is 11.8. The van der Waals surface area contributed by atoms with Crippen molar-refractivity contribution in [2.24, 2.45) is 0 Å². The van der Waals surface area contributed by atoms with Crippen LogP contribution in [0.1, 0.15) is 26.3 Å². The van der Waals surface area contributed by atoms with E-state index in [0.29, 0.717) is 5.56 Å². The molecule has 13 heteroatoms. The van der Waals surface area contributed by atoms with Gasteiger partial charge in [0.25, 0.3) is 0 Å². The van der Waals surface area contributed by atoms with Gasteiger partial charge < -0.3 is 29.0 Å². The van der Waals surface area contributed by atoms with Crippen LogP contribution in [0, 0.1) is 0 Å². The molecule has 5 atom stereocenters. The zero-order valence-corrected chi connectivity index (χ0v) is 18.5. The molecule has 1 fully saturated rings. The monoisotopic (exact) mass is 491 g/mol. The van der Waals surface area contributed by atoms with Crippen molar-refractivity contribution in [2.45, 2.75) is 64.2 Å². The predicted octanol–water partition coefficient (Wildman–Crippen LogP) is 1.40. The largest absolute Gasteiger partial charge is 0.471 e. The van der Waals surface area contributed by atoms with Gasteiger partial charge in [-0.2, -0.15) is 13.2 Å². The Balaban J connectivity index is 2.43. The molecule has 188 valence electrons. The topological polar surface area (TPSA) is 126 Å². The van der Waals surface area contributed by atoms with Crippen molar-refractivity contribution in [1.82, 2.24) is 5.32 Å². The Hall–Kier alpha value is -3.19. The fraction of sp³-hybridized carbons (Fsp3) is 0.524. The van der Waals surface area contributed by atoms with Crippen LogP contribution in [-0.4, -0.2) is 67.2 Å². The summed E-state index contributed by atoms with van der Waals surface area (Å²) < 4.78 is 65.6. The van der Waals surface area contributed by atoms with Gasteiger partial charge >= 0.3 is 30.0 Å². The summed E-state index contributed by atoms with van der Waals surface area (Å²) in [5.41, 5.74) is 0.655. The van der Waals surface area contributed by atoms with Crippen molar-refractivity contribution >= 4 is 23.8 Å². The molecule has 1 amide bonds. The minimum atomic E-state index is -5.30. The summed E-state index contributed by atoms with van der Waals surface area (Å²) in [6.07, 6.45) is -11.4. The Bertz CT molecular complexity index is 878. The van der Waals surface area contributed by atoms with Crippen LogP contribution in [0.15, 0.2) is 30.3 Å². The number of carbonyl (C=O) groups is 4. The third-order valence-corrected chi connectivity index (χ3v) is 4.52. The molecular weight excluding hydrogens is 467 g/mol. The van der Waals surface area contributed by atoms with E-state index in [4.69, 9.17) is 23.7 Å². The van der Waals surface area contributed by atoms with E-state index in [1.165, 1.54) is 0 Å². The number of carbonyl (C=O) groups excluding carboxylic acids is 4. The number of alkyl halides is 3. The molecule has 0 unspecified atom stereocenters. The van der Waals surface area contributed by atoms with Gasteiger partial charge in [-0.25, -0.2) is 0 Å². The number of esters is 3. The quantitative estimate of drug-likeness (QED) is 0.424. The van der Waals surface area contributed by atoms with Crippen LogP contribution < -0.4 is 5.32 Å². The lowest BCUT2D eigenvalue weighted by Gasteiger charge is -2.45. The molecule has 34 heavy (non-hydrogen) atoms. The molecule has 1 aliphatic heterocycles. The maximum atomic E-state index is 13.0. The first-order valence-electron chi connectivity index (χ1n) is 10.0. The van der Waals surface area contributed by atoms with Gasteiger partial charge in [-0.3, -0.25) is 19.2 Å². The number of hydrogen-bond donors (Lipinski definition) is 1. The highest BCUT2D eigenvalue weighted by atomic mass is 19.4. The van der Waals surface area contributed by atoms with Gasteiger partial charge in [0.15, 0.2) is 18.5 Å². The van der Waals surface area contributed by atoms with Gasteiger partial charge in [-0.05, 0) is 5.56 Å². The van der Waals surface area contributed by atoms with Crippen molar-refractivity contribution in [3.05, 3.63) is 35.9 Å². The van der Waals surface area contributed by atoms with E-state index in [1.54, 1.807) is 35.6 Å². The summed E-state index contributed by atoms with van der Waals surface area (Å²) in [7, 11) is 0. The summed E-state index contributed by atoms with van der Waals surface area (Å²) in [5, 5.41) is 1.70. The maximum Gasteiger partial charge on any atom is 0.471 e. The highest BCUT2D eigenvalue weighted by molar-refractivity contribution is 5.82. The van der Waals surface area contributed by atoms with Crippen molar-refractivity contribution in [3.63, 3.8) is 0 Å². The molecule has 0 radical (unpaired) electrons. The SMILES string of the molecule is CC(=O)OC[C@@H]1O[C@H](OCc2ccccc2)[C@@H](OC(C)=O)[C@H](NC(=O)C(F)(F)F)[C@H]1OC(C)=O. The standard InChI is InChI=1S/C21H24F3NO9/c1-11(26)30-10-15-17(32-12(2)27)16(25-20(29)21(22,23)24)18(33-13(3)28)19(34-15)31-9-14-7-5-4-6-8-14/h4-8,15-19H,9-10H2,1-3H3,(H,25,29)/t15-,16+,17-,18-,19-/m0/s1. The van der Waals surface area contributed by atoms with E-state index in [2.05, 4.69) is 0 Å². The van der Waals surface area contributed by atoms with E-state index in [0.717, 1.165) is 20.8 Å². The van der Waals surface area contributed by atoms with E-state index in [1.807, 2.05) is 0 Å². The minimum Gasteiger partial charge on any atom is -0.463 e. The number of hydrogen-bond acceptors (Lipinski definition) is 9. The number of halogens is 3. The van der Waals surface area contributed by atoms with Gasteiger partial charge in [0.05, 0.1) is 6.61 Å². The van der Waals surface area contributed by atoms with Gasteiger partial charge in [-0.15, -0.1) is 0 Å². The fourth-order valence-electron chi connectivity index (χ4n) is 3.19. The smallest absolute Gasteiger partial charge is 0.463 e. The Morgan fingerprint density at radius 3 is 2.06 bits per heavy atom. The first-order valence-corrected chi connectivity index (χ1v) is 10.0. The Morgan fingerprint density at radius 2 is 1.53 bits per heavy atom. The van der Waals surface area contributed by atoms with Crippen LogP contribution in [-0.2, 0) is 49.5 Å². The average molecular weight is 491 g/mol. The zero-order chi connectivity index (χ0) is 25.5. The van der Waals surface area contributed by atoms with Crippen LogP contribution in [0.2, 0.25) is 0 Å². The molecule has 0 aromatic heterocycles.